The topological polar surface area (TPSA) is 74.8 Å². The molecule has 0 fully saturated rings. The van der Waals surface area contributed by atoms with Crippen molar-refractivity contribution in [3.05, 3.63) is 53.7 Å². The largest absolute Gasteiger partial charge is 0.280 e. The van der Waals surface area contributed by atoms with Gasteiger partial charge in [-0.1, -0.05) is 6.07 Å². The summed E-state index contributed by atoms with van der Waals surface area (Å²) in [5.74, 6) is 0. The Labute approximate surface area is 128 Å². The molecule has 2 N–H and O–H groups in total. The van der Waals surface area contributed by atoms with E-state index in [1.807, 2.05) is 12.1 Å². The molecule has 4 rings (SSSR count). The molecule has 0 unspecified atom stereocenters. The summed E-state index contributed by atoms with van der Waals surface area (Å²) in [6.07, 6.45) is 4.77. The maximum atomic E-state index is 12.5. The molecule has 0 saturated heterocycles. The van der Waals surface area contributed by atoms with Gasteiger partial charge in [0.15, 0.2) is 0 Å². The average molecular weight is 313 g/mol. The Bertz CT molecular complexity index is 960. The minimum absolute atomic E-state index is 0.320. The van der Waals surface area contributed by atoms with Gasteiger partial charge in [0.2, 0.25) is 0 Å². The fraction of sp³-hybridized carbons (Fsp3) is 0.188. The van der Waals surface area contributed by atoms with Crippen molar-refractivity contribution < 1.29 is 8.42 Å². The Morgan fingerprint density at radius 1 is 1.05 bits per heavy atom. The molecule has 0 bridgehead atoms. The minimum Gasteiger partial charge on any atom is -0.280 e. The Hall–Kier alpha value is -2.34. The highest BCUT2D eigenvalue weighted by Crippen LogP contribution is 2.26. The lowest BCUT2D eigenvalue weighted by molar-refractivity contribution is 0.601. The highest BCUT2D eigenvalue weighted by Gasteiger charge is 2.18. The van der Waals surface area contributed by atoms with Crippen LogP contribution < -0.4 is 4.72 Å². The third kappa shape index (κ3) is 2.25. The molecule has 22 heavy (non-hydrogen) atoms. The van der Waals surface area contributed by atoms with Crippen molar-refractivity contribution >= 4 is 26.6 Å². The van der Waals surface area contributed by atoms with Crippen molar-refractivity contribution in [1.29, 1.82) is 0 Å². The molecule has 6 heteroatoms. The van der Waals surface area contributed by atoms with Crippen molar-refractivity contribution in [2.24, 2.45) is 0 Å². The fourth-order valence-corrected chi connectivity index (χ4v) is 4.04. The fourth-order valence-electron chi connectivity index (χ4n) is 2.94. The lowest BCUT2D eigenvalue weighted by atomic mass is 10.1. The zero-order chi connectivity index (χ0) is 15.2. The number of hydrogen-bond donors (Lipinski definition) is 2. The summed E-state index contributed by atoms with van der Waals surface area (Å²) in [5, 5.41) is 7.65. The van der Waals surface area contributed by atoms with Gasteiger partial charge in [-0.05, 0) is 60.7 Å². The van der Waals surface area contributed by atoms with Gasteiger partial charge in [-0.3, -0.25) is 9.82 Å². The SMILES string of the molecule is O=S(=O)(Nc1ccc2[nH]ncc2c1)c1ccc2c(c1)CCC2. The van der Waals surface area contributed by atoms with Crippen LogP contribution in [0, 0.1) is 0 Å². The molecule has 0 amide bonds. The molecule has 0 aliphatic heterocycles. The zero-order valence-corrected chi connectivity index (χ0v) is 12.7. The van der Waals surface area contributed by atoms with E-state index in [1.54, 1.807) is 30.5 Å². The summed E-state index contributed by atoms with van der Waals surface area (Å²) < 4.78 is 27.7. The number of benzene rings is 2. The third-order valence-corrected chi connectivity index (χ3v) is 5.45. The van der Waals surface area contributed by atoms with Crippen molar-refractivity contribution in [2.45, 2.75) is 24.2 Å². The van der Waals surface area contributed by atoms with Crippen molar-refractivity contribution in [3.8, 4) is 0 Å². The second-order valence-corrected chi connectivity index (χ2v) is 7.24. The second-order valence-electron chi connectivity index (χ2n) is 5.56. The summed E-state index contributed by atoms with van der Waals surface area (Å²) in [6, 6.07) is 10.7. The van der Waals surface area contributed by atoms with Crippen LogP contribution >= 0.6 is 0 Å². The maximum Gasteiger partial charge on any atom is 0.261 e. The van der Waals surface area contributed by atoms with Crippen LogP contribution in [0.25, 0.3) is 10.9 Å². The summed E-state index contributed by atoms with van der Waals surface area (Å²) in [7, 11) is -3.57. The number of sulfonamides is 1. The Kier molecular flexibility index (Phi) is 2.94. The van der Waals surface area contributed by atoms with Crippen LogP contribution in [0.3, 0.4) is 0 Å². The predicted octanol–water partition coefficient (Wildman–Crippen LogP) is 2.85. The number of nitrogens with one attached hydrogen (secondary N) is 2. The average Bonchev–Trinajstić information content (AvgIpc) is 3.14. The van der Waals surface area contributed by atoms with Gasteiger partial charge in [0.05, 0.1) is 16.6 Å². The monoisotopic (exact) mass is 313 g/mol. The quantitative estimate of drug-likeness (QED) is 0.781. The van der Waals surface area contributed by atoms with Gasteiger partial charge in [-0.2, -0.15) is 5.10 Å². The first-order valence-corrected chi connectivity index (χ1v) is 8.68. The van der Waals surface area contributed by atoms with Crippen LogP contribution in [0.2, 0.25) is 0 Å². The summed E-state index contributed by atoms with van der Waals surface area (Å²) in [4.78, 5) is 0.320. The first kappa shape index (κ1) is 13.3. The lowest BCUT2D eigenvalue weighted by Gasteiger charge is -2.09. The number of rotatable bonds is 3. The van der Waals surface area contributed by atoms with Gasteiger partial charge in [0.1, 0.15) is 0 Å². The van der Waals surface area contributed by atoms with E-state index in [9.17, 15) is 8.42 Å². The molecule has 5 nitrogen and oxygen atoms in total. The summed E-state index contributed by atoms with van der Waals surface area (Å²) >= 11 is 0. The highest BCUT2D eigenvalue weighted by molar-refractivity contribution is 7.92. The molecular formula is C16H15N3O2S. The lowest BCUT2D eigenvalue weighted by Crippen LogP contribution is -2.13. The molecule has 0 radical (unpaired) electrons. The molecule has 1 aliphatic carbocycles. The summed E-state index contributed by atoms with van der Waals surface area (Å²) in [6.45, 7) is 0. The Balaban J connectivity index is 1.68. The van der Waals surface area contributed by atoms with E-state index in [2.05, 4.69) is 14.9 Å². The minimum atomic E-state index is -3.57. The van der Waals surface area contributed by atoms with Crippen LogP contribution in [0.1, 0.15) is 17.5 Å². The molecule has 0 saturated carbocycles. The molecular weight excluding hydrogens is 298 g/mol. The molecule has 1 aliphatic rings. The maximum absolute atomic E-state index is 12.5. The number of aromatic amines is 1. The summed E-state index contributed by atoms with van der Waals surface area (Å²) in [5.41, 5.74) is 3.82. The number of aryl methyl sites for hydroxylation is 2. The number of nitrogens with zero attached hydrogens (tertiary/aromatic N) is 1. The van der Waals surface area contributed by atoms with E-state index in [0.717, 1.165) is 35.7 Å². The third-order valence-electron chi connectivity index (χ3n) is 4.07. The van der Waals surface area contributed by atoms with Crippen molar-refractivity contribution in [3.63, 3.8) is 0 Å². The number of H-pyrrole nitrogens is 1. The predicted molar refractivity (Wildman–Crippen MR) is 85.4 cm³/mol. The van der Waals surface area contributed by atoms with Crippen LogP contribution in [0.5, 0.6) is 0 Å². The van der Waals surface area contributed by atoms with Crippen LogP contribution in [0.15, 0.2) is 47.5 Å². The molecule has 0 atom stereocenters. The van der Waals surface area contributed by atoms with Gasteiger partial charge in [-0.25, -0.2) is 8.42 Å². The van der Waals surface area contributed by atoms with E-state index in [1.165, 1.54) is 5.56 Å². The van der Waals surface area contributed by atoms with E-state index in [4.69, 9.17) is 0 Å². The molecule has 1 heterocycles. The van der Waals surface area contributed by atoms with Gasteiger partial charge in [0, 0.05) is 11.1 Å². The first-order valence-electron chi connectivity index (χ1n) is 7.20. The molecule has 0 spiro atoms. The normalized spacial score (nSPS) is 14.2. The number of aromatic nitrogens is 2. The number of hydrogen-bond acceptors (Lipinski definition) is 3. The van der Waals surface area contributed by atoms with Crippen LogP contribution in [-0.2, 0) is 22.9 Å². The van der Waals surface area contributed by atoms with Crippen molar-refractivity contribution in [2.75, 3.05) is 4.72 Å². The molecule has 112 valence electrons. The Morgan fingerprint density at radius 2 is 1.91 bits per heavy atom. The smallest absolute Gasteiger partial charge is 0.261 e. The van der Waals surface area contributed by atoms with Crippen molar-refractivity contribution in [1.82, 2.24) is 10.2 Å². The van der Waals surface area contributed by atoms with Crippen LogP contribution in [0.4, 0.5) is 5.69 Å². The first-order chi connectivity index (χ1) is 10.6. The van der Waals surface area contributed by atoms with Crippen LogP contribution in [-0.4, -0.2) is 18.6 Å². The van der Waals surface area contributed by atoms with Gasteiger partial charge in [0.25, 0.3) is 10.0 Å². The molecule has 1 aromatic heterocycles. The van der Waals surface area contributed by atoms with E-state index >= 15 is 0 Å². The highest BCUT2D eigenvalue weighted by atomic mass is 32.2. The Morgan fingerprint density at radius 3 is 2.82 bits per heavy atom. The number of anilines is 1. The van der Waals surface area contributed by atoms with Gasteiger partial charge in [-0.15, -0.1) is 0 Å². The zero-order valence-electron chi connectivity index (χ0n) is 11.8. The molecule has 3 aromatic rings. The van der Waals surface area contributed by atoms with E-state index in [-0.39, 0.29) is 0 Å². The van der Waals surface area contributed by atoms with Gasteiger partial charge < -0.3 is 0 Å². The van der Waals surface area contributed by atoms with Gasteiger partial charge >= 0.3 is 0 Å². The standard InChI is InChI=1S/C16H15N3O2S/c20-22(21,15-6-4-11-2-1-3-12(11)9-15)19-14-5-7-16-13(8-14)10-17-18-16/h4-10,19H,1-3H2,(H,17,18). The van der Waals surface area contributed by atoms with E-state index < -0.39 is 10.0 Å². The van der Waals surface area contributed by atoms with E-state index in [0.29, 0.717) is 10.6 Å². The molecule has 2 aromatic carbocycles. The number of fused-ring (bicyclic) bond motifs is 2. The second kappa shape index (κ2) is 4.84.